The number of hydrogen-bond donors (Lipinski definition) is 3. The number of nitrogens with zero attached hydrogens (tertiary/aromatic N) is 2. The molecular weight excluding hydrogens is 791 g/mol. The van der Waals surface area contributed by atoms with Crippen LogP contribution in [0.4, 0.5) is 4.79 Å². The number of aromatic nitrogens is 1. The summed E-state index contributed by atoms with van der Waals surface area (Å²) < 4.78 is 51.8. The normalized spacial score (nSPS) is 27.6. The highest BCUT2D eigenvalue weighted by Gasteiger charge is 2.62. The molecule has 4 fully saturated rings. The van der Waals surface area contributed by atoms with E-state index in [4.69, 9.17) is 23.9 Å². The van der Waals surface area contributed by atoms with Gasteiger partial charge >= 0.3 is 6.09 Å². The second kappa shape index (κ2) is 15.9. The minimum absolute atomic E-state index is 0.00661. The average Bonchev–Trinajstić information content (AvgIpc) is 4.10. The van der Waals surface area contributed by atoms with E-state index >= 15 is 0 Å². The molecule has 4 bridgehead atoms. The number of fused-ring (bicyclic) bond motifs is 5. The Balaban J connectivity index is 1.21. The molecule has 0 spiro atoms. The minimum atomic E-state index is -3.92. The van der Waals surface area contributed by atoms with E-state index in [9.17, 15) is 27.6 Å². The van der Waals surface area contributed by atoms with Crippen LogP contribution in [0.15, 0.2) is 49.1 Å². The van der Waals surface area contributed by atoms with Crippen molar-refractivity contribution in [2.45, 2.75) is 101 Å². The van der Waals surface area contributed by atoms with Crippen molar-refractivity contribution in [1.29, 1.82) is 0 Å². The highest BCUT2D eigenvalue weighted by atomic mass is 32.2. The number of ether oxygens (including phenoxy) is 4. The van der Waals surface area contributed by atoms with Crippen LogP contribution in [-0.2, 0) is 29.1 Å². The average molecular weight is 844 g/mol. The van der Waals surface area contributed by atoms with Crippen molar-refractivity contribution in [3.8, 4) is 17.4 Å². The van der Waals surface area contributed by atoms with Gasteiger partial charge in [0, 0.05) is 45.5 Å². The Morgan fingerprint density at radius 1 is 1.03 bits per heavy atom. The molecule has 0 unspecified atom stereocenters. The van der Waals surface area contributed by atoms with Crippen molar-refractivity contribution >= 4 is 61.6 Å². The van der Waals surface area contributed by atoms with Crippen LogP contribution in [0.1, 0.15) is 77.2 Å². The van der Waals surface area contributed by atoms with Crippen LogP contribution in [0.25, 0.3) is 27.8 Å². The predicted octanol–water partition coefficient (Wildman–Crippen LogP) is 5.15. The van der Waals surface area contributed by atoms with Gasteiger partial charge in [-0.15, -0.1) is 6.58 Å². The summed E-state index contributed by atoms with van der Waals surface area (Å²) in [5.74, 6) is -1.24. The molecule has 3 heterocycles. The van der Waals surface area contributed by atoms with E-state index < -0.39 is 74.1 Å². The number of carbonyl (C=O) groups is 4. The Bertz CT molecular complexity index is 2390. The fourth-order valence-corrected chi connectivity index (χ4v) is 10.3. The van der Waals surface area contributed by atoms with Crippen molar-refractivity contribution in [1.82, 2.24) is 25.2 Å². The van der Waals surface area contributed by atoms with Crippen LogP contribution < -0.4 is 29.6 Å². The number of benzene rings is 2. The number of rotatable bonds is 9. The Morgan fingerprint density at radius 2 is 1.80 bits per heavy atom. The molecule has 3 aromatic rings. The van der Waals surface area contributed by atoms with Crippen LogP contribution in [0.3, 0.4) is 0 Å². The maximum atomic E-state index is 14.9. The molecule has 3 aliphatic carbocycles. The van der Waals surface area contributed by atoms with Gasteiger partial charge in [0.2, 0.25) is 27.7 Å². The fourth-order valence-electron chi connectivity index (χ4n) is 8.92. The minimum Gasteiger partial charge on any atom is -0.497 e. The number of hydrogen-bond acceptors (Lipinski definition) is 11. The van der Waals surface area contributed by atoms with Crippen LogP contribution >= 0.6 is 0 Å². The molecule has 2 aromatic carbocycles. The third kappa shape index (κ3) is 8.09. The summed E-state index contributed by atoms with van der Waals surface area (Å²) in [6.45, 7) is 7.80. The number of pyridine rings is 1. The van der Waals surface area contributed by atoms with Gasteiger partial charge in [-0.25, -0.2) is 18.2 Å². The molecule has 5 atom stereocenters. The number of methoxy groups -OCH3 is 2. The third-order valence-electron chi connectivity index (χ3n) is 12.7. The zero-order valence-corrected chi connectivity index (χ0v) is 35.3. The first-order valence-electron chi connectivity index (χ1n) is 20.7. The Labute approximate surface area is 349 Å². The SMILES string of the molecule is C=C[C@@H]1C[C@]1(NC(=O)[C@@H]1C[C@@H]2CN1C(=O)[C@H](C1CCCC1)NC(=O)OCC(C)(C)C/C=C/c1cc3c(nc4cc(OC)ccc4c3cc1OC)O2)C(=O)NS(=O)(=O)C1CC1. The number of nitrogens with one attached hydrogen (secondary N) is 3. The molecule has 5 aliphatic rings. The maximum Gasteiger partial charge on any atom is 0.407 e. The second-order valence-electron chi connectivity index (χ2n) is 17.6. The fraction of sp³-hybridized carbons (Fsp3) is 0.523. The lowest BCUT2D eigenvalue weighted by molar-refractivity contribution is -0.142. The van der Waals surface area contributed by atoms with Gasteiger partial charge in [-0.2, -0.15) is 0 Å². The zero-order chi connectivity index (χ0) is 42.6. The number of allylic oxidation sites excluding steroid dienone is 1. The van der Waals surface area contributed by atoms with Crippen LogP contribution in [-0.4, -0.2) is 98.5 Å². The van der Waals surface area contributed by atoms with Crippen LogP contribution in [0.2, 0.25) is 0 Å². The lowest BCUT2D eigenvalue weighted by atomic mass is 9.90. The van der Waals surface area contributed by atoms with Crippen molar-refractivity contribution in [2.24, 2.45) is 17.3 Å². The Kier molecular flexibility index (Phi) is 11.0. The number of amides is 4. The second-order valence-corrected chi connectivity index (χ2v) is 19.6. The number of carbonyl (C=O) groups excluding carboxylic acids is 4. The Hall–Kier alpha value is -5.38. The van der Waals surface area contributed by atoms with Crippen molar-refractivity contribution in [2.75, 3.05) is 27.4 Å². The number of sulfonamides is 1. The topological polar surface area (TPSA) is 192 Å². The third-order valence-corrected chi connectivity index (χ3v) is 14.5. The first-order chi connectivity index (χ1) is 28.6. The van der Waals surface area contributed by atoms with Gasteiger partial charge < -0.3 is 34.5 Å². The molecule has 1 aromatic heterocycles. The first kappa shape index (κ1) is 41.4. The van der Waals surface area contributed by atoms with Crippen LogP contribution in [0, 0.1) is 17.3 Å². The maximum absolute atomic E-state index is 14.9. The largest absolute Gasteiger partial charge is 0.497 e. The van der Waals surface area contributed by atoms with Crippen molar-refractivity contribution in [3.05, 3.63) is 54.6 Å². The summed E-state index contributed by atoms with van der Waals surface area (Å²) in [5.41, 5.74) is -0.695. The molecule has 3 saturated carbocycles. The van der Waals surface area contributed by atoms with Gasteiger partial charge in [0.25, 0.3) is 5.91 Å². The monoisotopic (exact) mass is 843 g/mol. The summed E-state index contributed by atoms with van der Waals surface area (Å²) >= 11 is 0. The quantitative estimate of drug-likeness (QED) is 0.191. The van der Waals surface area contributed by atoms with Gasteiger partial charge in [-0.1, -0.05) is 44.9 Å². The molecule has 3 N–H and O–H groups in total. The highest BCUT2D eigenvalue weighted by Crippen LogP contribution is 2.46. The molecule has 15 nitrogen and oxygen atoms in total. The summed E-state index contributed by atoms with van der Waals surface area (Å²) in [5, 5.41) is 7.38. The zero-order valence-electron chi connectivity index (χ0n) is 34.5. The van der Waals surface area contributed by atoms with E-state index in [1.54, 1.807) is 20.3 Å². The van der Waals surface area contributed by atoms with Gasteiger partial charge in [0.05, 0.1) is 38.1 Å². The van der Waals surface area contributed by atoms with Crippen molar-refractivity contribution < 1.29 is 46.5 Å². The standard InChI is InChI=1S/C44H53N5O10S/c1-6-27-22-44(27,41(52)48-60(54,55)30-14-15-30)47-38(50)35-20-29-23-49(35)40(51)37(25-10-7-8-11-25)46-42(53)58-24-43(2,3)17-9-12-26-18-33-32(21-36(26)57-5)31-16-13-28(56-4)19-34(31)45-39(33)59-29/h6,9,12-13,16,18-19,21,25,27,29-30,35,37H,1,7-8,10-11,14-15,17,20,22-24H2,2-5H3,(H,46,53)(H,47,50)(H,48,52)/b12-9+/t27-,29-,35+,37+,44-/m1/s1. The summed E-state index contributed by atoms with van der Waals surface area (Å²) in [4.78, 5) is 63.1. The summed E-state index contributed by atoms with van der Waals surface area (Å²) in [6.07, 6.45) is 8.71. The lowest BCUT2D eigenvalue weighted by Gasteiger charge is -2.32. The van der Waals surface area contributed by atoms with E-state index in [0.29, 0.717) is 54.5 Å². The number of alkyl carbamates (subject to hydrolysis) is 1. The molecule has 16 heteroatoms. The smallest absolute Gasteiger partial charge is 0.407 e. The summed E-state index contributed by atoms with van der Waals surface area (Å²) in [7, 11) is -0.749. The molecule has 8 rings (SSSR count). The van der Waals surface area contributed by atoms with Gasteiger partial charge in [-0.3, -0.25) is 19.1 Å². The molecule has 2 aliphatic heterocycles. The molecule has 60 heavy (non-hydrogen) atoms. The first-order valence-corrected chi connectivity index (χ1v) is 22.3. The number of cyclic esters (lactones) is 1. The lowest BCUT2D eigenvalue weighted by Crippen LogP contribution is -2.59. The van der Waals surface area contributed by atoms with Gasteiger partial charge in [-0.05, 0) is 68.7 Å². The predicted molar refractivity (Wildman–Crippen MR) is 224 cm³/mol. The van der Waals surface area contributed by atoms with E-state index in [0.717, 1.165) is 29.2 Å². The van der Waals surface area contributed by atoms with E-state index in [1.165, 1.54) is 11.0 Å². The molecular formula is C44H53N5O10S. The van der Waals surface area contributed by atoms with Crippen molar-refractivity contribution in [3.63, 3.8) is 0 Å². The molecule has 1 saturated heterocycles. The van der Waals surface area contributed by atoms with Gasteiger partial charge in [0.15, 0.2) is 0 Å². The van der Waals surface area contributed by atoms with E-state index in [1.807, 2.05) is 50.3 Å². The molecule has 0 radical (unpaired) electrons. The molecule has 4 amide bonds. The van der Waals surface area contributed by atoms with E-state index in [2.05, 4.69) is 21.9 Å². The van der Waals surface area contributed by atoms with Gasteiger partial charge in [0.1, 0.15) is 35.2 Å². The van der Waals surface area contributed by atoms with Crippen LogP contribution in [0.5, 0.6) is 17.4 Å². The summed E-state index contributed by atoms with van der Waals surface area (Å²) in [6, 6.07) is 7.30. The molecule has 320 valence electrons. The van der Waals surface area contributed by atoms with E-state index in [-0.39, 0.29) is 37.8 Å². The Morgan fingerprint density at radius 3 is 2.48 bits per heavy atom. The highest BCUT2D eigenvalue weighted by molar-refractivity contribution is 7.91.